The Morgan fingerprint density at radius 2 is 2.20 bits per heavy atom. The molecule has 1 aromatic heterocycles. The van der Waals surface area contributed by atoms with Crippen molar-refractivity contribution in [2.75, 3.05) is 19.8 Å². The van der Waals surface area contributed by atoms with Gasteiger partial charge in [-0.05, 0) is 18.7 Å². The summed E-state index contributed by atoms with van der Waals surface area (Å²) in [4.78, 5) is 5.65. The Morgan fingerprint density at radius 3 is 3.05 bits per heavy atom. The fourth-order valence-electron chi connectivity index (χ4n) is 2.01. The van der Waals surface area contributed by atoms with Crippen LogP contribution in [0.3, 0.4) is 0 Å². The topological polar surface area (TPSA) is 43.4 Å². The van der Waals surface area contributed by atoms with E-state index in [2.05, 4.69) is 17.2 Å². The zero-order chi connectivity index (χ0) is 13.9. The number of ether oxygens (including phenoxy) is 2. The predicted molar refractivity (Wildman–Crippen MR) is 80.9 cm³/mol. The molecule has 0 amide bonds. The van der Waals surface area contributed by atoms with E-state index in [9.17, 15) is 0 Å². The molecule has 1 N–H and O–H groups in total. The third-order valence-corrected chi connectivity index (χ3v) is 4.27. The van der Waals surface area contributed by atoms with Gasteiger partial charge in [-0.1, -0.05) is 18.5 Å². The number of thiazole rings is 1. The number of benzene rings is 1. The highest BCUT2D eigenvalue weighted by molar-refractivity contribution is 7.15. The van der Waals surface area contributed by atoms with Crippen LogP contribution < -0.4 is 14.8 Å². The lowest BCUT2D eigenvalue weighted by Crippen LogP contribution is -2.15. The van der Waals surface area contributed by atoms with Crippen molar-refractivity contribution in [1.29, 1.82) is 0 Å². The monoisotopic (exact) mass is 310 g/mol. The van der Waals surface area contributed by atoms with E-state index in [-0.39, 0.29) is 0 Å². The van der Waals surface area contributed by atoms with Gasteiger partial charge in [-0.25, -0.2) is 4.98 Å². The van der Waals surface area contributed by atoms with Gasteiger partial charge in [0.1, 0.15) is 18.2 Å². The van der Waals surface area contributed by atoms with Gasteiger partial charge in [0, 0.05) is 23.2 Å². The van der Waals surface area contributed by atoms with Crippen molar-refractivity contribution in [3.05, 3.63) is 28.2 Å². The first kappa shape index (κ1) is 13.7. The summed E-state index contributed by atoms with van der Waals surface area (Å²) in [7, 11) is 0. The van der Waals surface area contributed by atoms with Gasteiger partial charge in [0.05, 0.1) is 5.02 Å². The minimum absolute atomic E-state index is 0.538. The summed E-state index contributed by atoms with van der Waals surface area (Å²) >= 11 is 7.90. The van der Waals surface area contributed by atoms with Gasteiger partial charge in [-0.3, -0.25) is 0 Å². The second-order valence-electron chi connectivity index (χ2n) is 4.39. The Kier molecular flexibility index (Phi) is 4.10. The van der Waals surface area contributed by atoms with Crippen molar-refractivity contribution in [3.8, 4) is 22.1 Å². The number of nitrogens with zero attached hydrogens (tertiary/aromatic N) is 1. The first-order chi connectivity index (χ1) is 9.78. The Hall–Kier alpha value is -1.30. The van der Waals surface area contributed by atoms with Gasteiger partial charge in [0.25, 0.3) is 0 Å². The molecule has 2 heterocycles. The second-order valence-corrected chi connectivity index (χ2v) is 5.92. The van der Waals surface area contributed by atoms with Gasteiger partial charge in [-0.2, -0.15) is 0 Å². The molecule has 1 aromatic carbocycles. The number of aromatic nitrogens is 1. The summed E-state index contributed by atoms with van der Waals surface area (Å²) in [6, 6.07) is 3.82. The molecule has 0 spiro atoms. The predicted octanol–water partition coefficient (Wildman–Crippen LogP) is 3.34. The van der Waals surface area contributed by atoms with E-state index in [1.807, 2.05) is 18.3 Å². The smallest absolute Gasteiger partial charge is 0.179 e. The van der Waals surface area contributed by atoms with Crippen LogP contribution in [-0.2, 0) is 6.54 Å². The molecular formula is C14H15ClN2O2S. The van der Waals surface area contributed by atoms with E-state index in [1.165, 1.54) is 4.88 Å². The average Bonchev–Trinajstić information content (AvgIpc) is 2.94. The highest BCUT2D eigenvalue weighted by Gasteiger charge is 2.18. The second kappa shape index (κ2) is 5.99. The summed E-state index contributed by atoms with van der Waals surface area (Å²) in [6.07, 6.45) is 1.90. The molecule has 0 aliphatic carbocycles. The summed E-state index contributed by atoms with van der Waals surface area (Å²) in [5, 5.41) is 4.80. The molecule has 0 bridgehead atoms. The Labute approximate surface area is 126 Å². The molecule has 1 aliphatic rings. The molecule has 0 unspecified atom stereocenters. The van der Waals surface area contributed by atoms with E-state index < -0.39 is 0 Å². The summed E-state index contributed by atoms with van der Waals surface area (Å²) in [5.41, 5.74) is 0.965. The molecule has 0 atom stereocenters. The number of rotatable bonds is 4. The van der Waals surface area contributed by atoms with E-state index in [1.54, 1.807) is 11.3 Å². The Bertz CT molecular complexity index is 615. The molecule has 1 aliphatic heterocycles. The molecule has 3 rings (SSSR count). The van der Waals surface area contributed by atoms with E-state index in [0.29, 0.717) is 29.7 Å². The van der Waals surface area contributed by atoms with Crippen molar-refractivity contribution in [2.24, 2.45) is 0 Å². The van der Waals surface area contributed by atoms with Crippen LogP contribution in [-0.4, -0.2) is 24.7 Å². The SMILES string of the molecule is CCNCc1cnc(-c2cc(Cl)c3c(c2)OCCO3)s1. The van der Waals surface area contributed by atoms with Crippen molar-refractivity contribution >= 4 is 22.9 Å². The van der Waals surface area contributed by atoms with Crippen molar-refractivity contribution < 1.29 is 9.47 Å². The van der Waals surface area contributed by atoms with Crippen LogP contribution in [0.1, 0.15) is 11.8 Å². The normalized spacial score (nSPS) is 13.5. The van der Waals surface area contributed by atoms with Crippen LogP contribution in [0.5, 0.6) is 11.5 Å². The average molecular weight is 311 g/mol. The number of hydrogen-bond acceptors (Lipinski definition) is 5. The minimum Gasteiger partial charge on any atom is -0.486 e. The zero-order valence-corrected chi connectivity index (χ0v) is 12.7. The molecule has 20 heavy (non-hydrogen) atoms. The molecule has 0 fully saturated rings. The maximum absolute atomic E-state index is 6.25. The van der Waals surface area contributed by atoms with Crippen LogP contribution >= 0.6 is 22.9 Å². The zero-order valence-electron chi connectivity index (χ0n) is 11.1. The lowest BCUT2D eigenvalue weighted by molar-refractivity contribution is 0.172. The molecule has 0 saturated heterocycles. The van der Waals surface area contributed by atoms with Crippen LogP contribution in [0.4, 0.5) is 0 Å². The summed E-state index contributed by atoms with van der Waals surface area (Å²) in [6.45, 7) is 4.96. The lowest BCUT2D eigenvalue weighted by atomic mass is 10.2. The largest absolute Gasteiger partial charge is 0.486 e. The number of hydrogen-bond donors (Lipinski definition) is 1. The fraction of sp³-hybridized carbons (Fsp3) is 0.357. The highest BCUT2D eigenvalue weighted by Crippen LogP contribution is 2.41. The van der Waals surface area contributed by atoms with Crippen molar-refractivity contribution in [3.63, 3.8) is 0 Å². The van der Waals surface area contributed by atoms with Gasteiger partial charge >= 0.3 is 0 Å². The van der Waals surface area contributed by atoms with Gasteiger partial charge in [-0.15, -0.1) is 11.3 Å². The highest BCUT2D eigenvalue weighted by atomic mass is 35.5. The quantitative estimate of drug-likeness (QED) is 0.940. The van der Waals surface area contributed by atoms with Crippen LogP contribution in [0.15, 0.2) is 18.3 Å². The standard InChI is InChI=1S/C14H15ClN2O2S/c1-2-16-7-10-8-17-14(20-10)9-5-11(15)13-12(6-9)18-3-4-19-13/h5-6,8,16H,2-4,7H2,1H3. The van der Waals surface area contributed by atoms with Crippen molar-refractivity contribution in [2.45, 2.75) is 13.5 Å². The van der Waals surface area contributed by atoms with Crippen LogP contribution in [0, 0.1) is 0 Å². The first-order valence-corrected chi connectivity index (χ1v) is 7.72. The number of nitrogens with one attached hydrogen (secondary N) is 1. The minimum atomic E-state index is 0.538. The number of halogens is 1. The first-order valence-electron chi connectivity index (χ1n) is 6.53. The molecule has 106 valence electrons. The summed E-state index contributed by atoms with van der Waals surface area (Å²) in [5.74, 6) is 1.33. The van der Waals surface area contributed by atoms with Gasteiger partial charge in [0.2, 0.25) is 0 Å². The van der Waals surface area contributed by atoms with E-state index in [0.717, 1.165) is 23.7 Å². The molecule has 2 aromatic rings. The van der Waals surface area contributed by atoms with Crippen LogP contribution in [0.2, 0.25) is 5.02 Å². The maximum atomic E-state index is 6.25. The third kappa shape index (κ3) is 2.75. The van der Waals surface area contributed by atoms with E-state index in [4.69, 9.17) is 21.1 Å². The molecule has 6 heteroatoms. The maximum Gasteiger partial charge on any atom is 0.179 e. The Balaban J connectivity index is 1.90. The van der Waals surface area contributed by atoms with Crippen molar-refractivity contribution in [1.82, 2.24) is 10.3 Å². The van der Waals surface area contributed by atoms with E-state index >= 15 is 0 Å². The lowest BCUT2D eigenvalue weighted by Gasteiger charge is -2.19. The van der Waals surface area contributed by atoms with Gasteiger partial charge < -0.3 is 14.8 Å². The molecular weight excluding hydrogens is 296 g/mol. The molecule has 4 nitrogen and oxygen atoms in total. The molecule has 0 saturated carbocycles. The molecule has 0 radical (unpaired) electrons. The van der Waals surface area contributed by atoms with Crippen LogP contribution in [0.25, 0.3) is 10.6 Å². The fourth-order valence-corrected chi connectivity index (χ4v) is 3.14. The Morgan fingerprint density at radius 1 is 1.35 bits per heavy atom. The summed E-state index contributed by atoms with van der Waals surface area (Å²) < 4.78 is 11.1. The third-order valence-electron chi connectivity index (χ3n) is 2.95. The number of fused-ring (bicyclic) bond motifs is 1. The van der Waals surface area contributed by atoms with Gasteiger partial charge in [0.15, 0.2) is 11.5 Å².